The molecule has 0 spiro atoms. The number of urea groups is 1. The van der Waals surface area contributed by atoms with E-state index in [-0.39, 0.29) is 16.8 Å². The number of carbonyl (C=O) groups excluding carboxylic acids is 1. The van der Waals surface area contributed by atoms with Gasteiger partial charge in [-0.05, 0) is 31.5 Å². The SMILES string of the molecule is CCCCCC[C@H](C)NC(=O)Nc1cc(C(F)(F)F)ccc1Cl. The van der Waals surface area contributed by atoms with Crippen LogP contribution in [0.15, 0.2) is 18.2 Å². The van der Waals surface area contributed by atoms with Crippen molar-refractivity contribution < 1.29 is 18.0 Å². The van der Waals surface area contributed by atoms with Gasteiger partial charge in [-0.1, -0.05) is 44.2 Å². The Hall–Kier alpha value is -1.43. The molecule has 0 aliphatic heterocycles. The van der Waals surface area contributed by atoms with Gasteiger partial charge in [-0.25, -0.2) is 4.79 Å². The van der Waals surface area contributed by atoms with Crippen molar-refractivity contribution in [3.05, 3.63) is 28.8 Å². The standard InChI is InChI=1S/C16H22ClF3N2O/c1-3-4-5-6-7-11(2)21-15(23)22-14-10-12(16(18,19)20)8-9-13(14)17/h8-11H,3-7H2,1-2H3,(H2,21,22,23)/t11-/m0/s1. The summed E-state index contributed by atoms with van der Waals surface area (Å²) in [5.41, 5.74) is -0.915. The van der Waals surface area contributed by atoms with E-state index in [9.17, 15) is 18.0 Å². The van der Waals surface area contributed by atoms with E-state index in [1.54, 1.807) is 0 Å². The average molecular weight is 351 g/mol. The molecule has 0 unspecified atom stereocenters. The Bertz CT molecular complexity index is 521. The van der Waals surface area contributed by atoms with Gasteiger partial charge in [-0.15, -0.1) is 0 Å². The maximum atomic E-state index is 12.7. The summed E-state index contributed by atoms with van der Waals surface area (Å²) in [4.78, 5) is 11.9. The van der Waals surface area contributed by atoms with Crippen molar-refractivity contribution in [1.82, 2.24) is 5.32 Å². The van der Waals surface area contributed by atoms with E-state index in [0.29, 0.717) is 0 Å². The summed E-state index contributed by atoms with van der Waals surface area (Å²) < 4.78 is 38.0. The lowest BCUT2D eigenvalue weighted by atomic mass is 10.1. The van der Waals surface area contributed by atoms with Crippen molar-refractivity contribution in [1.29, 1.82) is 0 Å². The molecule has 0 heterocycles. The minimum absolute atomic E-state index is 0.0582. The monoisotopic (exact) mass is 350 g/mol. The second kappa shape index (κ2) is 9.01. The van der Waals surface area contributed by atoms with Crippen LogP contribution in [0.2, 0.25) is 5.02 Å². The lowest BCUT2D eigenvalue weighted by Gasteiger charge is -2.16. The van der Waals surface area contributed by atoms with Crippen molar-refractivity contribution >= 4 is 23.3 Å². The quantitative estimate of drug-likeness (QED) is 0.596. The molecule has 0 saturated carbocycles. The lowest BCUT2D eigenvalue weighted by molar-refractivity contribution is -0.137. The Balaban J connectivity index is 2.57. The van der Waals surface area contributed by atoms with Crippen LogP contribution in [0.25, 0.3) is 0 Å². The first-order valence-corrected chi connectivity index (χ1v) is 8.06. The van der Waals surface area contributed by atoms with Crippen molar-refractivity contribution in [3.63, 3.8) is 0 Å². The highest BCUT2D eigenvalue weighted by molar-refractivity contribution is 6.33. The van der Waals surface area contributed by atoms with Crippen molar-refractivity contribution in [3.8, 4) is 0 Å². The van der Waals surface area contributed by atoms with Gasteiger partial charge in [-0.2, -0.15) is 13.2 Å². The number of unbranched alkanes of at least 4 members (excludes halogenated alkanes) is 3. The molecule has 7 heteroatoms. The molecule has 130 valence electrons. The summed E-state index contributed by atoms with van der Waals surface area (Å²) >= 11 is 5.84. The third-order valence-electron chi connectivity index (χ3n) is 3.41. The number of hydrogen-bond acceptors (Lipinski definition) is 1. The zero-order valence-corrected chi connectivity index (χ0v) is 14.0. The summed E-state index contributed by atoms with van der Waals surface area (Å²) in [7, 11) is 0. The third kappa shape index (κ3) is 7.12. The summed E-state index contributed by atoms with van der Waals surface area (Å²) in [6.45, 7) is 3.98. The first kappa shape index (κ1) is 19.6. The molecule has 23 heavy (non-hydrogen) atoms. The van der Waals surface area contributed by atoms with Crippen LogP contribution in [-0.2, 0) is 6.18 Å². The molecular formula is C16H22ClF3N2O. The van der Waals surface area contributed by atoms with Gasteiger partial charge in [0.1, 0.15) is 0 Å². The highest BCUT2D eigenvalue weighted by Crippen LogP contribution is 2.33. The predicted molar refractivity (Wildman–Crippen MR) is 86.8 cm³/mol. The summed E-state index contributed by atoms with van der Waals surface area (Å²) in [5.74, 6) is 0. The van der Waals surface area contributed by atoms with Crippen LogP contribution in [0.5, 0.6) is 0 Å². The predicted octanol–water partition coefficient (Wildman–Crippen LogP) is 5.84. The van der Waals surface area contributed by atoms with E-state index >= 15 is 0 Å². The van der Waals surface area contributed by atoms with Gasteiger partial charge < -0.3 is 10.6 Å². The smallest absolute Gasteiger partial charge is 0.335 e. The number of rotatable bonds is 7. The molecular weight excluding hydrogens is 329 g/mol. The van der Waals surface area contributed by atoms with E-state index < -0.39 is 17.8 Å². The number of halogens is 4. The highest BCUT2D eigenvalue weighted by atomic mass is 35.5. The van der Waals surface area contributed by atoms with Gasteiger partial charge in [0.25, 0.3) is 0 Å². The second-order valence-corrected chi connectivity index (χ2v) is 5.95. The molecule has 1 aromatic carbocycles. The largest absolute Gasteiger partial charge is 0.416 e. The number of nitrogens with one attached hydrogen (secondary N) is 2. The number of anilines is 1. The zero-order chi connectivity index (χ0) is 17.5. The summed E-state index contributed by atoms with van der Waals surface area (Å²) in [6.07, 6.45) is 0.728. The van der Waals surface area contributed by atoms with Crippen LogP contribution in [-0.4, -0.2) is 12.1 Å². The Morgan fingerprint density at radius 1 is 1.26 bits per heavy atom. The van der Waals surface area contributed by atoms with Crippen LogP contribution in [0.1, 0.15) is 51.5 Å². The van der Waals surface area contributed by atoms with Gasteiger partial charge in [0.2, 0.25) is 0 Å². The van der Waals surface area contributed by atoms with Crippen LogP contribution in [0.3, 0.4) is 0 Å². The summed E-state index contributed by atoms with van der Waals surface area (Å²) in [5, 5.41) is 5.13. The molecule has 0 radical (unpaired) electrons. The number of carbonyl (C=O) groups is 1. The van der Waals surface area contributed by atoms with Gasteiger partial charge in [0.05, 0.1) is 16.3 Å². The molecule has 3 nitrogen and oxygen atoms in total. The van der Waals surface area contributed by atoms with E-state index in [2.05, 4.69) is 17.6 Å². The second-order valence-electron chi connectivity index (χ2n) is 5.54. The number of alkyl halides is 3. The number of benzene rings is 1. The lowest BCUT2D eigenvalue weighted by Crippen LogP contribution is -2.36. The minimum Gasteiger partial charge on any atom is -0.335 e. The molecule has 0 saturated heterocycles. The van der Waals surface area contributed by atoms with Gasteiger partial charge in [0.15, 0.2) is 0 Å². The van der Waals surface area contributed by atoms with Crippen LogP contribution < -0.4 is 10.6 Å². The van der Waals surface area contributed by atoms with Gasteiger partial charge in [-0.3, -0.25) is 0 Å². The normalized spacial score (nSPS) is 12.8. The number of hydrogen-bond donors (Lipinski definition) is 2. The maximum absolute atomic E-state index is 12.7. The molecule has 2 amide bonds. The first-order chi connectivity index (χ1) is 10.7. The molecule has 1 atom stereocenters. The molecule has 0 aliphatic carbocycles. The Morgan fingerprint density at radius 2 is 1.96 bits per heavy atom. The van der Waals surface area contributed by atoms with Crippen molar-refractivity contribution in [2.45, 2.75) is 58.2 Å². The van der Waals surface area contributed by atoms with Crippen molar-refractivity contribution in [2.75, 3.05) is 5.32 Å². The van der Waals surface area contributed by atoms with Crippen LogP contribution >= 0.6 is 11.6 Å². The Labute approximate surface area is 139 Å². The molecule has 2 N–H and O–H groups in total. The molecule has 0 aliphatic rings. The van der Waals surface area contributed by atoms with Gasteiger partial charge >= 0.3 is 12.2 Å². The average Bonchev–Trinajstić information content (AvgIpc) is 2.44. The molecule has 0 fully saturated rings. The fraction of sp³-hybridized carbons (Fsp3) is 0.562. The molecule has 1 rings (SSSR count). The third-order valence-corrected chi connectivity index (χ3v) is 3.74. The Kier molecular flexibility index (Phi) is 7.68. The Morgan fingerprint density at radius 3 is 2.57 bits per heavy atom. The first-order valence-electron chi connectivity index (χ1n) is 7.68. The van der Waals surface area contributed by atoms with E-state index in [1.807, 2.05) is 6.92 Å². The minimum atomic E-state index is -4.48. The topological polar surface area (TPSA) is 41.1 Å². The molecule has 0 bridgehead atoms. The van der Waals surface area contributed by atoms with Crippen LogP contribution in [0.4, 0.5) is 23.7 Å². The van der Waals surface area contributed by atoms with E-state index in [1.165, 1.54) is 0 Å². The van der Waals surface area contributed by atoms with Crippen molar-refractivity contribution in [2.24, 2.45) is 0 Å². The maximum Gasteiger partial charge on any atom is 0.416 e. The fourth-order valence-corrected chi connectivity index (χ4v) is 2.29. The zero-order valence-electron chi connectivity index (χ0n) is 13.3. The van der Waals surface area contributed by atoms with Gasteiger partial charge in [0, 0.05) is 6.04 Å². The fourth-order valence-electron chi connectivity index (χ4n) is 2.13. The number of amides is 2. The van der Waals surface area contributed by atoms with E-state index in [0.717, 1.165) is 50.3 Å². The molecule has 0 aromatic heterocycles. The highest BCUT2D eigenvalue weighted by Gasteiger charge is 2.31. The van der Waals surface area contributed by atoms with E-state index in [4.69, 9.17) is 11.6 Å². The van der Waals surface area contributed by atoms with Crippen LogP contribution in [0, 0.1) is 0 Å². The summed E-state index contributed by atoms with van der Waals surface area (Å²) in [6, 6.07) is 2.20. The molecule has 1 aromatic rings.